The molecule has 0 aromatic heterocycles. The standard InChI is InChI=1S/C16H23NO2/c1-3-19-15-10-7-11-17(12-15)13(2)16(18)14-8-5-4-6-9-14/h4-6,8-9,13,15H,3,7,10-12H2,1-2H3. The molecule has 3 nitrogen and oxygen atoms in total. The molecule has 0 saturated carbocycles. The highest BCUT2D eigenvalue weighted by Crippen LogP contribution is 2.18. The molecule has 2 rings (SSSR count). The lowest BCUT2D eigenvalue weighted by atomic mass is 10.0. The van der Waals surface area contributed by atoms with E-state index in [4.69, 9.17) is 4.74 Å². The molecule has 0 aliphatic carbocycles. The quantitative estimate of drug-likeness (QED) is 0.763. The number of ketones is 1. The monoisotopic (exact) mass is 261 g/mol. The molecule has 2 atom stereocenters. The number of rotatable bonds is 5. The second-order valence-corrected chi connectivity index (χ2v) is 5.12. The molecular weight excluding hydrogens is 238 g/mol. The molecule has 0 bridgehead atoms. The Morgan fingerprint density at radius 3 is 2.84 bits per heavy atom. The summed E-state index contributed by atoms with van der Waals surface area (Å²) in [6.07, 6.45) is 2.50. The maximum atomic E-state index is 12.4. The summed E-state index contributed by atoms with van der Waals surface area (Å²) >= 11 is 0. The number of hydrogen-bond acceptors (Lipinski definition) is 3. The van der Waals surface area contributed by atoms with Crippen LogP contribution < -0.4 is 0 Å². The van der Waals surface area contributed by atoms with Crippen LogP contribution in [0.2, 0.25) is 0 Å². The predicted octanol–water partition coefficient (Wildman–Crippen LogP) is 2.76. The summed E-state index contributed by atoms with van der Waals surface area (Å²) in [6.45, 7) is 6.64. The van der Waals surface area contributed by atoms with Crippen LogP contribution in [0, 0.1) is 0 Å². The van der Waals surface area contributed by atoms with Crippen molar-refractivity contribution < 1.29 is 9.53 Å². The molecule has 1 saturated heterocycles. The molecule has 1 aliphatic heterocycles. The third kappa shape index (κ3) is 3.64. The zero-order valence-electron chi connectivity index (χ0n) is 11.8. The van der Waals surface area contributed by atoms with Crippen molar-refractivity contribution in [2.45, 2.75) is 38.8 Å². The van der Waals surface area contributed by atoms with Gasteiger partial charge in [0.15, 0.2) is 5.78 Å². The van der Waals surface area contributed by atoms with E-state index in [1.165, 1.54) is 0 Å². The second kappa shape index (κ2) is 6.83. The SMILES string of the molecule is CCOC1CCCN(C(C)C(=O)c2ccccc2)C1. The number of nitrogens with zero attached hydrogens (tertiary/aromatic N) is 1. The fourth-order valence-electron chi connectivity index (χ4n) is 2.70. The molecule has 0 spiro atoms. The van der Waals surface area contributed by atoms with Crippen LogP contribution in [0.1, 0.15) is 37.0 Å². The number of hydrogen-bond donors (Lipinski definition) is 0. The molecule has 0 radical (unpaired) electrons. The highest BCUT2D eigenvalue weighted by Gasteiger charge is 2.27. The summed E-state index contributed by atoms with van der Waals surface area (Å²) in [5.41, 5.74) is 0.800. The minimum atomic E-state index is -0.0642. The molecule has 1 fully saturated rings. The summed E-state index contributed by atoms with van der Waals surface area (Å²) in [5, 5.41) is 0. The molecule has 0 amide bonds. The molecule has 1 heterocycles. The van der Waals surface area contributed by atoms with Gasteiger partial charge < -0.3 is 4.74 Å². The summed E-state index contributed by atoms with van der Waals surface area (Å²) in [4.78, 5) is 14.7. The van der Waals surface area contributed by atoms with E-state index in [-0.39, 0.29) is 17.9 Å². The van der Waals surface area contributed by atoms with Gasteiger partial charge in [-0.25, -0.2) is 0 Å². The minimum Gasteiger partial charge on any atom is -0.377 e. The van der Waals surface area contributed by atoms with Crippen LogP contribution in [-0.4, -0.2) is 42.5 Å². The molecular formula is C16H23NO2. The van der Waals surface area contributed by atoms with Gasteiger partial charge in [-0.1, -0.05) is 30.3 Å². The molecule has 1 aliphatic rings. The van der Waals surface area contributed by atoms with Crippen LogP contribution in [0.5, 0.6) is 0 Å². The third-order valence-corrected chi connectivity index (χ3v) is 3.80. The molecule has 1 aromatic rings. The van der Waals surface area contributed by atoms with Crippen LogP contribution in [0.15, 0.2) is 30.3 Å². The van der Waals surface area contributed by atoms with E-state index >= 15 is 0 Å². The topological polar surface area (TPSA) is 29.5 Å². The summed E-state index contributed by atoms with van der Waals surface area (Å²) in [6, 6.07) is 9.49. The molecule has 0 N–H and O–H groups in total. The van der Waals surface area contributed by atoms with Gasteiger partial charge in [0.25, 0.3) is 0 Å². The fraction of sp³-hybridized carbons (Fsp3) is 0.562. The summed E-state index contributed by atoms with van der Waals surface area (Å²) in [5.74, 6) is 0.206. The van der Waals surface area contributed by atoms with Gasteiger partial charge in [-0.15, -0.1) is 0 Å². The Kier molecular flexibility index (Phi) is 5.11. The van der Waals surface area contributed by atoms with Crippen molar-refractivity contribution in [1.29, 1.82) is 0 Å². The Balaban J connectivity index is 1.99. The second-order valence-electron chi connectivity index (χ2n) is 5.12. The molecule has 1 aromatic carbocycles. The van der Waals surface area contributed by atoms with E-state index in [9.17, 15) is 4.79 Å². The van der Waals surface area contributed by atoms with Crippen LogP contribution in [0.3, 0.4) is 0 Å². The summed E-state index contributed by atoms with van der Waals surface area (Å²) < 4.78 is 5.70. The van der Waals surface area contributed by atoms with E-state index in [2.05, 4.69) is 4.90 Å². The number of ether oxygens (including phenoxy) is 1. The lowest BCUT2D eigenvalue weighted by Gasteiger charge is -2.35. The van der Waals surface area contributed by atoms with Crippen molar-refractivity contribution in [2.24, 2.45) is 0 Å². The molecule has 104 valence electrons. The van der Waals surface area contributed by atoms with Gasteiger partial charge in [0.2, 0.25) is 0 Å². The zero-order chi connectivity index (χ0) is 13.7. The number of benzene rings is 1. The largest absolute Gasteiger partial charge is 0.377 e. The van der Waals surface area contributed by atoms with E-state index in [1.54, 1.807) is 0 Å². The van der Waals surface area contributed by atoms with E-state index in [0.717, 1.165) is 38.1 Å². The zero-order valence-corrected chi connectivity index (χ0v) is 11.8. The van der Waals surface area contributed by atoms with Crippen molar-refractivity contribution in [1.82, 2.24) is 4.90 Å². The Hall–Kier alpha value is -1.19. The van der Waals surface area contributed by atoms with Gasteiger partial charge in [0, 0.05) is 18.7 Å². The molecule has 2 unspecified atom stereocenters. The van der Waals surface area contributed by atoms with E-state index in [0.29, 0.717) is 0 Å². The Labute approximate surface area is 115 Å². The first-order chi connectivity index (χ1) is 9.22. The van der Waals surface area contributed by atoms with Crippen molar-refractivity contribution in [2.75, 3.05) is 19.7 Å². The van der Waals surface area contributed by atoms with Crippen LogP contribution in [0.25, 0.3) is 0 Å². The molecule has 19 heavy (non-hydrogen) atoms. The first kappa shape index (κ1) is 14.2. The lowest BCUT2D eigenvalue weighted by molar-refractivity contribution is -0.00290. The van der Waals surface area contributed by atoms with Crippen molar-refractivity contribution >= 4 is 5.78 Å². The van der Waals surface area contributed by atoms with Gasteiger partial charge >= 0.3 is 0 Å². The average Bonchev–Trinajstić information content (AvgIpc) is 2.47. The Bertz CT molecular complexity index is 402. The summed E-state index contributed by atoms with van der Waals surface area (Å²) in [7, 11) is 0. The van der Waals surface area contributed by atoms with Crippen LogP contribution >= 0.6 is 0 Å². The Morgan fingerprint density at radius 1 is 1.42 bits per heavy atom. The van der Waals surface area contributed by atoms with Gasteiger partial charge in [0.05, 0.1) is 12.1 Å². The fourth-order valence-corrected chi connectivity index (χ4v) is 2.70. The van der Waals surface area contributed by atoms with E-state index in [1.807, 2.05) is 44.2 Å². The number of carbonyl (C=O) groups excluding carboxylic acids is 1. The average molecular weight is 261 g/mol. The third-order valence-electron chi connectivity index (χ3n) is 3.80. The van der Waals surface area contributed by atoms with Crippen molar-refractivity contribution in [3.05, 3.63) is 35.9 Å². The number of likely N-dealkylation sites (tertiary alicyclic amines) is 1. The molecule has 3 heteroatoms. The highest BCUT2D eigenvalue weighted by molar-refractivity contribution is 5.99. The Morgan fingerprint density at radius 2 is 2.16 bits per heavy atom. The lowest BCUT2D eigenvalue weighted by Crippen LogP contribution is -2.47. The van der Waals surface area contributed by atoms with Crippen molar-refractivity contribution in [3.63, 3.8) is 0 Å². The van der Waals surface area contributed by atoms with Gasteiger partial charge in [-0.3, -0.25) is 9.69 Å². The highest BCUT2D eigenvalue weighted by atomic mass is 16.5. The van der Waals surface area contributed by atoms with Gasteiger partial charge in [-0.2, -0.15) is 0 Å². The number of piperidine rings is 1. The van der Waals surface area contributed by atoms with Crippen molar-refractivity contribution in [3.8, 4) is 0 Å². The number of Topliss-reactive ketones (excluding diaryl/α,β-unsaturated/α-hetero) is 1. The minimum absolute atomic E-state index is 0.0642. The van der Waals surface area contributed by atoms with Crippen LogP contribution in [0.4, 0.5) is 0 Å². The first-order valence-electron chi connectivity index (χ1n) is 7.17. The van der Waals surface area contributed by atoms with Crippen LogP contribution in [-0.2, 0) is 4.74 Å². The maximum Gasteiger partial charge on any atom is 0.179 e. The van der Waals surface area contributed by atoms with E-state index < -0.39 is 0 Å². The first-order valence-corrected chi connectivity index (χ1v) is 7.17. The smallest absolute Gasteiger partial charge is 0.179 e. The maximum absolute atomic E-state index is 12.4. The van der Waals surface area contributed by atoms with Gasteiger partial charge in [-0.05, 0) is 33.2 Å². The predicted molar refractivity (Wildman–Crippen MR) is 76.5 cm³/mol. The number of carbonyl (C=O) groups is 1. The van der Waals surface area contributed by atoms with Gasteiger partial charge in [0.1, 0.15) is 0 Å². The normalized spacial score (nSPS) is 22.1.